The van der Waals surface area contributed by atoms with E-state index < -0.39 is 0 Å². The molecule has 0 atom stereocenters. The zero-order chi connectivity index (χ0) is 13.4. The SMILES string of the molecule is O=Cc1ccc(C2=CC(=O)c3ccccc3C2=O)o1. The van der Waals surface area contributed by atoms with Crippen LogP contribution in [0, 0.1) is 0 Å². The molecule has 0 N–H and O–H groups in total. The van der Waals surface area contributed by atoms with Gasteiger partial charge in [0.25, 0.3) is 0 Å². The highest BCUT2D eigenvalue weighted by Crippen LogP contribution is 2.28. The summed E-state index contributed by atoms with van der Waals surface area (Å²) in [6.07, 6.45) is 1.80. The summed E-state index contributed by atoms with van der Waals surface area (Å²) in [5, 5.41) is 0. The zero-order valence-electron chi connectivity index (χ0n) is 9.75. The van der Waals surface area contributed by atoms with E-state index in [2.05, 4.69) is 0 Å². The van der Waals surface area contributed by atoms with Gasteiger partial charge >= 0.3 is 0 Å². The summed E-state index contributed by atoms with van der Waals surface area (Å²) in [6, 6.07) is 9.59. The Bertz CT molecular complexity index is 734. The molecule has 1 aliphatic rings. The van der Waals surface area contributed by atoms with Crippen molar-refractivity contribution in [2.45, 2.75) is 0 Å². The first-order chi connectivity index (χ1) is 9.20. The van der Waals surface area contributed by atoms with Gasteiger partial charge in [0.2, 0.25) is 0 Å². The summed E-state index contributed by atoms with van der Waals surface area (Å²) in [4.78, 5) is 34.8. The smallest absolute Gasteiger partial charge is 0.197 e. The molecular weight excluding hydrogens is 244 g/mol. The van der Waals surface area contributed by atoms with Crippen LogP contribution in [0.5, 0.6) is 0 Å². The first-order valence-corrected chi connectivity index (χ1v) is 5.66. The van der Waals surface area contributed by atoms with Crippen LogP contribution in [0.2, 0.25) is 0 Å². The summed E-state index contributed by atoms with van der Waals surface area (Å²) in [6.45, 7) is 0. The third-order valence-corrected chi connectivity index (χ3v) is 2.97. The molecule has 1 aromatic heterocycles. The Balaban J connectivity index is 2.12. The van der Waals surface area contributed by atoms with Crippen molar-refractivity contribution in [3.63, 3.8) is 0 Å². The monoisotopic (exact) mass is 252 g/mol. The van der Waals surface area contributed by atoms with Crippen molar-refractivity contribution in [3.8, 4) is 0 Å². The van der Waals surface area contributed by atoms with Gasteiger partial charge in [-0.05, 0) is 12.1 Å². The van der Waals surface area contributed by atoms with Gasteiger partial charge in [0, 0.05) is 17.2 Å². The van der Waals surface area contributed by atoms with Gasteiger partial charge in [0.15, 0.2) is 23.6 Å². The Hall–Kier alpha value is -2.75. The molecule has 19 heavy (non-hydrogen) atoms. The molecule has 4 nitrogen and oxygen atoms in total. The van der Waals surface area contributed by atoms with E-state index in [0.29, 0.717) is 17.4 Å². The lowest BCUT2D eigenvalue weighted by Crippen LogP contribution is -2.15. The highest BCUT2D eigenvalue weighted by Gasteiger charge is 2.27. The van der Waals surface area contributed by atoms with E-state index in [4.69, 9.17) is 4.42 Å². The molecule has 0 amide bonds. The Kier molecular flexibility index (Phi) is 2.49. The number of Topliss-reactive ketones (excluding diaryl/α,β-unsaturated/α-hetero) is 1. The minimum Gasteiger partial charge on any atom is -0.453 e. The van der Waals surface area contributed by atoms with Crippen LogP contribution in [0.4, 0.5) is 0 Å². The van der Waals surface area contributed by atoms with Crippen LogP contribution in [0.25, 0.3) is 5.57 Å². The van der Waals surface area contributed by atoms with Crippen LogP contribution in [0.15, 0.2) is 46.9 Å². The lowest BCUT2D eigenvalue weighted by molar-refractivity contribution is 0.1000. The van der Waals surface area contributed by atoms with E-state index in [1.54, 1.807) is 24.3 Å². The van der Waals surface area contributed by atoms with E-state index in [9.17, 15) is 14.4 Å². The van der Waals surface area contributed by atoms with E-state index in [0.717, 1.165) is 0 Å². The number of fused-ring (bicyclic) bond motifs is 1. The standard InChI is InChI=1S/C15H8O4/c16-8-9-5-6-14(19-9)12-7-13(17)10-3-1-2-4-11(10)15(12)18/h1-8H. The van der Waals surface area contributed by atoms with Crippen molar-refractivity contribution in [3.05, 3.63) is 65.1 Å². The number of hydrogen-bond acceptors (Lipinski definition) is 4. The number of ketones is 2. The Morgan fingerprint density at radius 2 is 1.68 bits per heavy atom. The van der Waals surface area contributed by atoms with Gasteiger partial charge in [-0.15, -0.1) is 0 Å². The highest BCUT2D eigenvalue weighted by molar-refractivity contribution is 6.38. The lowest BCUT2D eigenvalue weighted by Gasteiger charge is -2.12. The molecule has 2 aromatic rings. The van der Waals surface area contributed by atoms with Crippen molar-refractivity contribution >= 4 is 23.4 Å². The molecular formula is C15H8O4. The maximum atomic E-state index is 12.3. The van der Waals surface area contributed by atoms with E-state index in [1.165, 1.54) is 18.2 Å². The van der Waals surface area contributed by atoms with Crippen LogP contribution in [0.3, 0.4) is 0 Å². The van der Waals surface area contributed by atoms with Crippen molar-refractivity contribution in [2.24, 2.45) is 0 Å². The number of furan rings is 1. The lowest BCUT2D eigenvalue weighted by atomic mass is 9.88. The van der Waals surface area contributed by atoms with Crippen molar-refractivity contribution in [2.75, 3.05) is 0 Å². The predicted molar refractivity (Wildman–Crippen MR) is 67.2 cm³/mol. The molecule has 0 saturated carbocycles. The van der Waals surface area contributed by atoms with Crippen molar-refractivity contribution in [1.82, 2.24) is 0 Å². The second-order valence-corrected chi connectivity index (χ2v) is 4.12. The number of allylic oxidation sites excluding steroid dienone is 2. The molecule has 3 rings (SSSR count). The van der Waals surface area contributed by atoms with Crippen molar-refractivity contribution in [1.29, 1.82) is 0 Å². The van der Waals surface area contributed by atoms with E-state index in [-0.39, 0.29) is 28.7 Å². The van der Waals surface area contributed by atoms with E-state index in [1.807, 2.05) is 0 Å². The summed E-state index contributed by atoms with van der Waals surface area (Å²) >= 11 is 0. The fraction of sp³-hybridized carbons (Fsp3) is 0. The van der Waals surface area contributed by atoms with Crippen LogP contribution < -0.4 is 0 Å². The molecule has 92 valence electrons. The summed E-state index contributed by atoms with van der Waals surface area (Å²) in [5.74, 6) is -0.166. The third-order valence-electron chi connectivity index (χ3n) is 2.97. The Labute approximate surface area is 108 Å². The van der Waals surface area contributed by atoms with Crippen LogP contribution >= 0.6 is 0 Å². The second kappa shape index (κ2) is 4.17. The second-order valence-electron chi connectivity index (χ2n) is 4.12. The third kappa shape index (κ3) is 1.74. The number of aldehydes is 1. The van der Waals surface area contributed by atoms with Crippen LogP contribution in [0.1, 0.15) is 37.0 Å². The van der Waals surface area contributed by atoms with Gasteiger partial charge < -0.3 is 4.42 Å². The fourth-order valence-electron chi connectivity index (χ4n) is 2.06. The average molecular weight is 252 g/mol. The van der Waals surface area contributed by atoms with Gasteiger partial charge in [-0.3, -0.25) is 14.4 Å². The summed E-state index contributed by atoms with van der Waals surface area (Å²) in [5.41, 5.74) is 0.921. The minimum absolute atomic E-state index is 0.120. The van der Waals surface area contributed by atoms with Gasteiger partial charge in [-0.1, -0.05) is 24.3 Å². The molecule has 0 unspecified atom stereocenters. The molecule has 0 bridgehead atoms. The minimum atomic E-state index is -0.276. The molecule has 1 aromatic carbocycles. The first-order valence-electron chi connectivity index (χ1n) is 5.66. The van der Waals surface area contributed by atoms with Gasteiger partial charge in [-0.2, -0.15) is 0 Å². The fourth-order valence-corrected chi connectivity index (χ4v) is 2.06. The Morgan fingerprint density at radius 1 is 0.947 bits per heavy atom. The topological polar surface area (TPSA) is 64.3 Å². The molecule has 0 radical (unpaired) electrons. The number of rotatable bonds is 2. The van der Waals surface area contributed by atoms with Gasteiger partial charge in [0.1, 0.15) is 5.76 Å². The number of carbonyl (C=O) groups is 3. The van der Waals surface area contributed by atoms with E-state index >= 15 is 0 Å². The zero-order valence-corrected chi connectivity index (χ0v) is 9.75. The molecule has 0 fully saturated rings. The molecule has 4 heteroatoms. The molecule has 1 aliphatic carbocycles. The highest BCUT2D eigenvalue weighted by atomic mass is 16.3. The number of carbonyl (C=O) groups excluding carboxylic acids is 3. The first kappa shape index (κ1) is 11.3. The van der Waals surface area contributed by atoms with Crippen LogP contribution in [-0.2, 0) is 0 Å². The largest absolute Gasteiger partial charge is 0.453 e. The number of benzene rings is 1. The molecule has 1 heterocycles. The average Bonchev–Trinajstić information content (AvgIpc) is 2.91. The summed E-state index contributed by atoms with van der Waals surface area (Å²) in [7, 11) is 0. The molecule has 0 aliphatic heterocycles. The molecule has 0 saturated heterocycles. The molecule has 0 spiro atoms. The number of hydrogen-bond donors (Lipinski definition) is 0. The quantitative estimate of drug-likeness (QED) is 0.770. The van der Waals surface area contributed by atoms with Crippen LogP contribution in [-0.4, -0.2) is 17.9 Å². The van der Waals surface area contributed by atoms with Gasteiger partial charge in [-0.25, -0.2) is 0 Å². The predicted octanol–water partition coefficient (Wildman–Crippen LogP) is 2.55. The normalized spacial score (nSPS) is 14.0. The Morgan fingerprint density at radius 3 is 2.37 bits per heavy atom. The summed E-state index contributed by atoms with van der Waals surface area (Å²) < 4.78 is 5.20. The van der Waals surface area contributed by atoms with Gasteiger partial charge in [0.05, 0.1) is 5.57 Å². The van der Waals surface area contributed by atoms with Crippen molar-refractivity contribution < 1.29 is 18.8 Å². The maximum absolute atomic E-state index is 12.3. The maximum Gasteiger partial charge on any atom is 0.197 e.